The van der Waals surface area contributed by atoms with E-state index in [2.05, 4.69) is 0 Å². The number of aryl methyl sites for hydroxylation is 1. The molecule has 0 atom stereocenters. The van der Waals surface area contributed by atoms with Gasteiger partial charge in [-0.25, -0.2) is 0 Å². The summed E-state index contributed by atoms with van der Waals surface area (Å²) in [5.74, 6) is 0.756. The molecule has 0 aliphatic carbocycles. The quantitative estimate of drug-likeness (QED) is 0.402. The molecular formula is C13H16Cl2O. The smallest absolute Gasteiger partial charge is 0.252 e. The van der Waals surface area contributed by atoms with Crippen molar-refractivity contribution in [2.75, 3.05) is 5.88 Å². The zero-order valence-corrected chi connectivity index (χ0v) is 10.7. The maximum absolute atomic E-state index is 10.8. The summed E-state index contributed by atoms with van der Waals surface area (Å²) in [6, 6.07) is 7.50. The zero-order chi connectivity index (χ0) is 11.8. The van der Waals surface area contributed by atoms with Crippen molar-refractivity contribution in [3.05, 3.63) is 35.4 Å². The summed E-state index contributed by atoms with van der Waals surface area (Å²) < 4.78 is 0. The normalized spacial score (nSPS) is 10.4. The van der Waals surface area contributed by atoms with E-state index in [-0.39, 0.29) is 0 Å². The molecule has 0 unspecified atom stereocenters. The number of benzene rings is 1. The van der Waals surface area contributed by atoms with Crippen LogP contribution in [0.2, 0.25) is 0 Å². The third kappa shape index (κ3) is 5.00. The molecule has 0 bridgehead atoms. The number of alkyl halides is 1. The summed E-state index contributed by atoms with van der Waals surface area (Å²) in [5.41, 5.74) is 1.82. The van der Waals surface area contributed by atoms with E-state index in [1.165, 1.54) is 24.8 Å². The van der Waals surface area contributed by atoms with Crippen molar-refractivity contribution in [2.24, 2.45) is 0 Å². The highest BCUT2D eigenvalue weighted by atomic mass is 35.5. The second kappa shape index (κ2) is 7.70. The van der Waals surface area contributed by atoms with Crippen LogP contribution in [0.5, 0.6) is 0 Å². The maximum atomic E-state index is 10.8. The predicted octanol–water partition coefficient (Wildman–Crippen LogP) is 4.41. The van der Waals surface area contributed by atoms with E-state index in [9.17, 15) is 4.79 Å². The summed E-state index contributed by atoms with van der Waals surface area (Å²) in [6.45, 7) is 0. The van der Waals surface area contributed by atoms with Crippen LogP contribution in [0, 0.1) is 0 Å². The van der Waals surface area contributed by atoms with Gasteiger partial charge in [-0.2, -0.15) is 0 Å². The maximum Gasteiger partial charge on any atom is 0.252 e. The van der Waals surface area contributed by atoms with Crippen molar-refractivity contribution < 1.29 is 4.79 Å². The van der Waals surface area contributed by atoms with Gasteiger partial charge in [-0.15, -0.1) is 11.6 Å². The van der Waals surface area contributed by atoms with Crippen LogP contribution in [0.15, 0.2) is 24.3 Å². The lowest BCUT2D eigenvalue weighted by Gasteiger charge is -2.02. The SMILES string of the molecule is O=C(Cl)c1ccc(CCCCCCCl)cc1. The molecule has 0 radical (unpaired) electrons. The van der Waals surface area contributed by atoms with Gasteiger partial charge in [0.2, 0.25) is 0 Å². The lowest BCUT2D eigenvalue weighted by molar-refractivity contribution is 0.108. The third-order valence-corrected chi connectivity index (χ3v) is 3.02. The van der Waals surface area contributed by atoms with Gasteiger partial charge < -0.3 is 0 Å². The second-order valence-corrected chi connectivity index (χ2v) is 4.55. The van der Waals surface area contributed by atoms with Gasteiger partial charge in [-0.3, -0.25) is 4.79 Å². The lowest BCUT2D eigenvalue weighted by atomic mass is 10.1. The molecule has 0 aromatic heterocycles. The lowest BCUT2D eigenvalue weighted by Crippen LogP contribution is -1.91. The van der Waals surface area contributed by atoms with E-state index in [4.69, 9.17) is 23.2 Å². The highest BCUT2D eigenvalue weighted by Crippen LogP contribution is 2.11. The summed E-state index contributed by atoms with van der Waals surface area (Å²) in [5, 5.41) is -0.395. The zero-order valence-electron chi connectivity index (χ0n) is 9.22. The van der Waals surface area contributed by atoms with Crippen molar-refractivity contribution in [1.82, 2.24) is 0 Å². The fraction of sp³-hybridized carbons (Fsp3) is 0.462. The minimum absolute atomic E-state index is 0.395. The van der Waals surface area contributed by atoms with E-state index in [1.54, 1.807) is 12.1 Å². The molecule has 0 N–H and O–H groups in total. The fourth-order valence-electron chi connectivity index (χ4n) is 1.58. The molecular weight excluding hydrogens is 243 g/mol. The number of halogens is 2. The molecule has 0 heterocycles. The van der Waals surface area contributed by atoms with Crippen LogP contribution >= 0.6 is 23.2 Å². The van der Waals surface area contributed by atoms with Gasteiger partial charge in [0.05, 0.1) is 0 Å². The van der Waals surface area contributed by atoms with Crippen molar-refractivity contribution in [2.45, 2.75) is 32.1 Å². The van der Waals surface area contributed by atoms with Crippen LogP contribution in [0.25, 0.3) is 0 Å². The van der Waals surface area contributed by atoms with Crippen molar-refractivity contribution in [3.63, 3.8) is 0 Å². The molecule has 1 rings (SSSR count). The first-order chi connectivity index (χ1) is 7.74. The first-order valence-electron chi connectivity index (χ1n) is 5.59. The van der Waals surface area contributed by atoms with Crippen LogP contribution in [0.1, 0.15) is 41.6 Å². The molecule has 1 nitrogen and oxygen atoms in total. The average Bonchev–Trinajstić information content (AvgIpc) is 2.29. The summed E-state index contributed by atoms with van der Waals surface area (Å²) in [4.78, 5) is 10.8. The molecule has 3 heteroatoms. The minimum atomic E-state index is -0.395. The Morgan fingerprint density at radius 2 is 1.62 bits per heavy atom. The van der Waals surface area contributed by atoms with Gasteiger partial charge in [0.25, 0.3) is 5.24 Å². The molecule has 0 spiro atoms. The van der Waals surface area contributed by atoms with Crippen molar-refractivity contribution in [1.29, 1.82) is 0 Å². The van der Waals surface area contributed by atoms with Gasteiger partial charge in [0.1, 0.15) is 0 Å². The average molecular weight is 259 g/mol. The molecule has 88 valence electrons. The molecule has 0 fully saturated rings. The Bertz CT molecular complexity index is 319. The van der Waals surface area contributed by atoms with Gasteiger partial charge in [0, 0.05) is 11.4 Å². The number of hydrogen-bond acceptors (Lipinski definition) is 1. The highest BCUT2D eigenvalue weighted by molar-refractivity contribution is 6.67. The monoisotopic (exact) mass is 258 g/mol. The van der Waals surface area contributed by atoms with E-state index < -0.39 is 5.24 Å². The Morgan fingerprint density at radius 1 is 1.00 bits per heavy atom. The van der Waals surface area contributed by atoms with Crippen molar-refractivity contribution in [3.8, 4) is 0 Å². The van der Waals surface area contributed by atoms with E-state index in [1.807, 2.05) is 12.1 Å². The van der Waals surface area contributed by atoms with E-state index >= 15 is 0 Å². The van der Waals surface area contributed by atoms with E-state index in [0.29, 0.717) is 5.56 Å². The minimum Gasteiger partial charge on any atom is -0.276 e. The third-order valence-electron chi connectivity index (χ3n) is 2.53. The molecule has 1 aromatic rings. The van der Waals surface area contributed by atoms with Gasteiger partial charge in [0.15, 0.2) is 0 Å². The summed E-state index contributed by atoms with van der Waals surface area (Å²) in [7, 11) is 0. The molecule has 0 amide bonds. The predicted molar refractivity (Wildman–Crippen MR) is 69.5 cm³/mol. The summed E-state index contributed by atoms with van der Waals surface area (Å²) in [6.07, 6.45) is 5.73. The molecule has 0 aliphatic rings. The van der Waals surface area contributed by atoms with Gasteiger partial charge in [-0.05, 0) is 48.6 Å². The van der Waals surface area contributed by atoms with E-state index in [0.717, 1.165) is 18.7 Å². The Balaban J connectivity index is 2.29. The van der Waals surface area contributed by atoms with Crippen LogP contribution in [-0.2, 0) is 6.42 Å². The van der Waals surface area contributed by atoms with Crippen LogP contribution in [-0.4, -0.2) is 11.1 Å². The molecule has 16 heavy (non-hydrogen) atoms. The van der Waals surface area contributed by atoms with Crippen LogP contribution < -0.4 is 0 Å². The number of unbranched alkanes of at least 4 members (excludes halogenated alkanes) is 3. The Morgan fingerprint density at radius 3 is 2.19 bits per heavy atom. The highest BCUT2D eigenvalue weighted by Gasteiger charge is 2.00. The molecule has 0 aliphatic heterocycles. The topological polar surface area (TPSA) is 17.1 Å². The Hall–Kier alpha value is -0.530. The molecule has 0 saturated heterocycles. The number of hydrogen-bond donors (Lipinski definition) is 0. The Labute approximate surface area is 107 Å². The fourth-order valence-corrected chi connectivity index (χ4v) is 1.89. The first-order valence-corrected chi connectivity index (χ1v) is 6.50. The van der Waals surface area contributed by atoms with Crippen LogP contribution in [0.3, 0.4) is 0 Å². The standard InChI is InChI=1S/C13H16Cl2O/c14-10-4-2-1-3-5-11-6-8-12(9-7-11)13(15)16/h6-9H,1-5,10H2. The first kappa shape index (κ1) is 13.5. The Kier molecular flexibility index (Phi) is 6.51. The van der Waals surface area contributed by atoms with Crippen molar-refractivity contribution >= 4 is 28.4 Å². The summed E-state index contributed by atoms with van der Waals surface area (Å²) >= 11 is 11.0. The van der Waals surface area contributed by atoms with Gasteiger partial charge >= 0.3 is 0 Å². The number of rotatable bonds is 7. The molecule has 1 aromatic carbocycles. The number of carbonyl (C=O) groups excluding carboxylic acids is 1. The largest absolute Gasteiger partial charge is 0.276 e. The second-order valence-electron chi connectivity index (χ2n) is 3.82. The molecule has 0 saturated carbocycles. The number of carbonyl (C=O) groups is 1. The van der Waals surface area contributed by atoms with Gasteiger partial charge in [-0.1, -0.05) is 25.0 Å². The van der Waals surface area contributed by atoms with Crippen LogP contribution in [0.4, 0.5) is 0 Å².